The minimum atomic E-state index is -1.48. The summed E-state index contributed by atoms with van der Waals surface area (Å²) in [6.07, 6.45) is 0. The molecule has 0 radical (unpaired) electrons. The van der Waals surface area contributed by atoms with Crippen LogP contribution in [-0.4, -0.2) is 17.2 Å². The van der Waals surface area contributed by atoms with Crippen LogP contribution in [-0.2, 0) is 0 Å². The molecule has 0 aromatic heterocycles. The van der Waals surface area contributed by atoms with E-state index in [9.17, 15) is 0 Å². The number of hydrogen-bond donors (Lipinski definition) is 2. The Hall–Kier alpha value is -0.0251. The van der Waals surface area contributed by atoms with Crippen LogP contribution in [0, 0.1) is 0 Å². The summed E-state index contributed by atoms with van der Waals surface area (Å²) in [6, 6.07) is 4.90. The van der Waals surface area contributed by atoms with Crippen LogP contribution in [0.5, 0.6) is 0 Å². The Morgan fingerprint density at radius 2 is 2.00 bits per heavy atom. The number of rotatable bonds is 1. The summed E-state index contributed by atoms with van der Waals surface area (Å²) in [6.45, 7) is 0. The summed E-state index contributed by atoms with van der Waals surface area (Å²) in [5.41, 5.74) is 0.373. The van der Waals surface area contributed by atoms with E-state index in [4.69, 9.17) is 21.6 Å². The molecule has 5 heteroatoms. The quantitative estimate of drug-likeness (QED) is 0.706. The van der Waals surface area contributed by atoms with Crippen molar-refractivity contribution in [1.29, 1.82) is 0 Å². The molecule has 0 bridgehead atoms. The highest BCUT2D eigenvalue weighted by atomic mass is 79.9. The summed E-state index contributed by atoms with van der Waals surface area (Å²) in [5, 5.41) is 18.1. The van der Waals surface area contributed by atoms with Crippen LogP contribution in [0.3, 0.4) is 0 Å². The molecule has 11 heavy (non-hydrogen) atoms. The third-order valence-corrected chi connectivity index (χ3v) is 2.69. The monoisotopic (exact) mass is 234 g/mol. The first-order valence-corrected chi connectivity index (χ1v) is 4.10. The van der Waals surface area contributed by atoms with Gasteiger partial charge in [-0.15, -0.1) is 0 Å². The molecule has 1 aromatic carbocycles. The van der Waals surface area contributed by atoms with E-state index in [1.54, 1.807) is 18.2 Å². The fourth-order valence-corrected chi connectivity index (χ4v) is 1.37. The van der Waals surface area contributed by atoms with Crippen LogP contribution in [0.15, 0.2) is 22.7 Å². The smallest absolute Gasteiger partial charge is 0.423 e. The first kappa shape index (κ1) is 9.07. The zero-order chi connectivity index (χ0) is 8.43. The molecule has 0 fully saturated rings. The molecule has 0 aliphatic carbocycles. The normalized spacial score (nSPS) is 9.82. The van der Waals surface area contributed by atoms with Crippen molar-refractivity contribution in [3.8, 4) is 0 Å². The van der Waals surface area contributed by atoms with Gasteiger partial charge in [0.2, 0.25) is 0 Å². The predicted molar refractivity (Wildman–Crippen MR) is 49.0 cm³/mol. The third-order valence-electron chi connectivity index (χ3n) is 1.26. The van der Waals surface area contributed by atoms with Gasteiger partial charge < -0.3 is 10.0 Å². The van der Waals surface area contributed by atoms with E-state index in [0.717, 1.165) is 0 Å². The van der Waals surface area contributed by atoms with E-state index < -0.39 is 7.12 Å². The molecule has 2 nitrogen and oxygen atoms in total. The molecule has 1 rings (SSSR count). The van der Waals surface area contributed by atoms with Crippen molar-refractivity contribution in [3.05, 3.63) is 27.7 Å². The lowest BCUT2D eigenvalue weighted by Gasteiger charge is -2.02. The van der Waals surface area contributed by atoms with Crippen molar-refractivity contribution in [2.24, 2.45) is 0 Å². The van der Waals surface area contributed by atoms with Gasteiger partial charge in [-0.25, -0.2) is 0 Å². The lowest BCUT2D eigenvalue weighted by Crippen LogP contribution is -2.30. The second-order valence-electron chi connectivity index (χ2n) is 2.02. The van der Waals surface area contributed by atoms with Crippen LogP contribution >= 0.6 is 27.5 Å². The van der Waals surface area contributed by atoms with Crippen molar-refractivity contribution in [2.45, 2.75) is 0 Å². The summed E-state index contributed by atoms with van der Waals surface area (Å²) < 4.78 is 0.525. The second kappa shape index (κ2) is 3.58. The van der Waals surface area contributed by atoms with Gasteiger partial charge in [-0.3, -0.25) is 0 Å². The average Bonchev–Trinajstić information content (AvgIpc) is 1.94. The van der Waals surface area contributed by atoms with Gasteiger partial charge in [-0.2, -0.15) is 0 Å². The Kier molecular flexibility index (Phi) is 2.95. The summed E-state index contributed by atoms with van der Waals surface area (Å²) in [4.78, 5) is 0. The minimum Gasteiger partial charge on any atom is -0.423 e. The molecule has 0 aliphatic heterocycles. The molecule has 0 spiro atoms. The van der Waals surface area contributed by atoms with E-state index in [0.29, 0.717) is 15.0 Å². The lowest BCUT2D eigenvalue weighted by atomic mass is 9.80. The van der Waals surface area contributed by atoms with Gasteiger partial charge in [-0.1, -0.05) is 23.7 Å². The van der Waals surface area contributed by atoms with Crippen LogP contribution in [0.1, 0.15) is 0 Å². The highest BCUT2D eigenvalue weighted by Crippen LogP contribution is 2.19. The van der Waals surface area contributed by atoms with Gasteiger partial charge in [0.05, 0.1) is 5.02 Å². The molecule has 0 unspecified atom stereocenters. The topological polar surface area (TPSA) is 40.5 Å². The average molecular weight is 235 g/mol. The van der Waals surface area contributed by atoms with E-state index in [2.05, 4.69) is 15.9 Å². The van der Waals surface area contributed by atoms with Crippen molar-refractivity contribution >= 4 is 40.1 Å². The molecular formula is C6H5BBrClO2. The van der Waals surface area contributed by atoms with E-state index in [1.165, 1.54) is 0 Å². The maximum absolute atomic E-state index is 8.80. The molecule has 0 saturated heterocycles. The van der Waals surface area contributed by atoms with Crippen LogP contribution < -0.4 is 5.46 Å². The summed E-state index contributed by atoms with van der Waals surface area (Å²) >= 11 is 8.82. The standard InChI is InChI=1S/C6H5BBrClO2/c8-6-4(7(10)11)2-1-3-5(6)9/h1-3,10-11H. The third kappa shape index (κ3) is 1.96. The fraction of sp³-hybridized carbons (Fsp3) is 0. The minimum absolute atomic E-state index is 0.373. The zero-order valence-electron chi connectivity index (χ0n) is 5.46. The Balaban J connectivity index is 3.17. The Bertz CT molecular complexity index is 267. The molecular weight excluding hydrogens is 230 g/mol. The maximum Gasteiger partial charge on any atom is 0.489 e. The van der Waals surface area contributed by atoms with Gasteiger partial charge in [0.1, 0.15) is 0 Å². The van der Waals surface area contributed by atoms with E-state index in [-0.39, 0.29) is 0 Å². The Morgan fingerprint density at radius 1 is 1.36 bits per heavy atom. The van der Waals surface area contributed by atoms with Crippen LogP contribution in [0.2, 0.25) is 5.02 Å². The highest BCUT2D eigenvalue weighted by Gasteiger charge is 2.15. The van der Waals surface area contributed by atoms with Gasteiger partial charge in [-0.05, 0) is 27.5 Å². The first-order chi connectivity index (χ1) is 5.13. The Morgan fingerprint density at radius 3 is 2.45 bits per heavy atom. The first-order valence-electron chi connectivity index (χ1n) is 2.93. The summed E-state index contributed by atoms with van der Waals surface area (Å²) in [7, 11) is -1.48. The van der Waals surface area contributed by atoms with Gasteiger partial charge in [0.15, 0.2) is 0 Å². The molecule has 1 aromatic rings. The van der Waals surface area contributed by atoms with Crippen molar-refractivity contribution < 1.29 is 10.0 Å². The second-order valence-corrected chi connectivity index (χ2v) is 3.22. The molecule has 0 saturated carbocycles. The van der Waals surface area contributed by atoms with E-state index in [1.807, 2.05) is 0 Å². The number of halogens is 2. The van der Waals surface area contributed by atoms with Crippen molar-refractivity contribution in [3.63, 3.8) is 0 Å². The maximum atomic E-state index is 8.80. The fourth-order valence-electron chi connectivity index (χ4n) is 0.720. The van der Waals surface area contributed by atoms with Crippen LogP contribution in [0.4, 0.5) is 0 Å². The molecule has 0 aliphatic rings. The van der Waals surface area contributed by atoms with E-state index >= 15 is 0 Å². The molecule has 2 N–H and O–H groups in total. The van der Waals surface area contributed by atoms with Gasteiger partial charge in [0, 0.05) is 4.47 Å². The van der Waals surface area contributed by atoms with Crippen molar-refractivity contribution in [2.75, 3.05) is 0 Å². The predicted octanol–water partition coefficient (Wildman–Crippen LogP) is 0.782. The Labute approximate surface area is 78.1 Å². The zero-order valence-corrected chi connectivity index (χ0v) is 7.80. The lowest BCUT2D eigenvalue weighted by molar-refractivity contribution is 0.425. The number of hydrogen-bond acceptors (Lipinski definition) is 2. The summed E-state index contributed by atoms with van der Waals surface area (Å²) in [5.74, 6) is 0. The molecule has 0 amide bonds. The highest BCUT2D eigenvalue weighted by molar-refractivity contribution is 9.10. The van der Waals surface area contributed by atoms with Gasteiger partial charge in [0.25, 0.3) is 0 Å². The SMILES string of the molecule is OB(O)c1cccc(Cl)c1Br. The van der Waals surface area contributed by atoms with Crippen LogP contribution in [0.25, 0.3) is 0 Å². The molecule has 0 atom stereocenters. The molecule has 0 heterocycles. The van der Waals surface area contributed by atoms with Crippen molar-refractivity contribution in [1.82, 2.24) is 0 Å². The number of benzene rings is 1. The van der Waals surface area contributed by atoms with Gasteiger partial charge >= 0.3 is 7.12 Å². The molecule has 58 valence electrons. The largest absolute Gasteiger partial charge is 0.489 e.